The Balaban J connectivity index is 1.59. The zero-order chi connectivity index (χ0) is 13.9. The SMILES string of the molecule is CCNC1CC2CCCC(C1)N2CCc1csc(C)n1. The maximum Gasteiger partial charge on any atom is 0.0897 e. The Morgan fingerprint density at radius 2 is 2.10 bits per heavy atom. The molecule has 2 saturated heterocycles. The molecule has 2 atom stereocenters. The van der Waals surface area contributed by atoms with Crippen LogP contribution in [0.2, 0.25) is 0 Å². The van der Waals surface area contributed by atoms with E-state index in [1.54, 1.807) is 11.3 Å². The van der Waals surface area contributed by atoms with Crippen molar-refractivity contribution in [3.05, 3.63) is 16.1 Å². The molecule has 0 aliphatic carbocycles. The van der Waals surface area contributed by atoms with Gasteiger partial charge in [-0.15, -0.1) is 11.3 Å². The number of piperidine rings is 2. The highest BCUT2D eigenvalue weighted by atomic mass is 32.1. The fourth-order valence-corrected chi connectivity index (χ4v) is 4.71. The number of hydrogen-bond donors (Lipinski definition) is 1. The molecule has 0 amide bonds. The minimum Gasteiger partial charge on any atom is -0.314 e. The van der Waals surface area contributed by atoms with Crippen molar-refractivity contribution in [1.82, 2.24) is 15.2 Å². The van der Waals surface area contributed by atoms with Crippen molar-refractivity contribution in [1.29, 1.82) is 0 Å². The van der Waals surface area contributed by atoms with Gasteiger partial charge < -0.3 is 5.32 Å². The van der Waals surface area contributed by atoms with Crippen molar-refractivity contribution < 1.29 is 0 Å². The summed E-state index contributed by atoms with van der Waals surface area (Å²) in [7, 11) is 0. The average Bonchev–Trinajstić information content (AvgIpc) is 2.82. The van der Waals surface area contributed by atoms with Crippen LogP contribution in [-0.2, 0) is 6.42 Å². The summed E-state index contributed by atoms with van der Waals surface area (Å²) in [6.45, 7) is 6.65. The molecule has 0 aromatic carbocycles. The van der Waals surface area contributed by atoms with Crippen LogP contribution in [0.15, 0.2) is 5.38 Å². The minimum atomic E-state index is 0.757. The first-order valence-electron chi connectivity index (χ1n) is 8.16. The van der Waals surface area contributed by atoms with E-state index in [-0.39, 0.29) is 0 Å². The van der Waals surface area contributed by atoms with Crippen LogP contribution in [0.1, 0.15) is 49.7 Å². The van der Waals surface area contributed by atoms with E-state index in [1.807, 2.05) is 0 Å². The van der Waals surface area contributed by atoms with Crippen LogP contribution in [-0.4, -0.2) is 41.1 Å². The van der Waals surface area contributed by atoms with Crippen LogP contribution in [0.3, 0.4) is 0 Å². The Hall–Kier alpha value is -0.450. The van der Waals surface area contributed by atoms with Crippen LogP contribution in [0, 0.1) is 6.92 Å². The molecule has 2 unspecified atom stereocenters. The highest BCUT2D eigenvalue weighted by Crippen LogP contribution is 2.34. The molecule has 2 aliphatic rings. The molecular weight excluding hydrogens is 266 g/mol. The highest BCUT2D eigenvalue weighted by Gasteiger charge is 2.37. The lowest BCUT2D eigenvalue weighted by atomic mass is 9.81. The van der Waals surface area contributed by atoms with E-state index < -0.39 is 0 Å². The fourth-order valence-electron chi connectivity index (χ4n) is 4.07. The Kier molecular flexibility index (Phi) is 4.74. The summed E-state index contributed by atoms with van der Waals surface area (Å²) in [5.74, 6) is 0. The standard InChI is InChI=1S/C16H27N3S/c1-3-17-14-9-15-5-4-6-16(10-14)19(15)8-7-13-11-20-12(2)18-13/h11,14-17H,3-10H2,1-2H3. The van der Waals surface area contributed by atoms with Crippen LogP contribution in [0.4, 0.5) is 0 Å². The number of aromatic nitrogens is 1. The summed E-state index contributed by atoms with van der Waals surface area (Å²) < 4.78 is 0. The molecule has 2 aliphatic heterocycles. The molecule has 2 fully saturated rings. The molecule has 3 rings (SSSR count). The molecule has 1 N–H and O–H groups in total. The number of rotatable bonds is 5. The van der Waals surface area contributed by atoms with Gasteiger partial charge in [0.1, 0.15) is 0 Å². The predicted molar refractivity (Wildman–Crippen MR) is 85.4 cm³/mol. The van der Waals surface area contributed by atoms with Gasteiger partial charge in [-0.25, -0.2) is 4.98 Å². The van der Waals surface area contributed by atoms with E-state index in [2.05, 4.69) is 34.4 Å². The maximum absolute atomic E-state index is 4.61. The summed E-state index contributed by atoms with van der Waals surface area (Å²) in [4.78, 5) is 7.41. The van der Waals surface area contributed by atoms with E-state index in [9.17, 15) is 0 Å². The van der Waals surface area contributed by atoms with Crippen LogP contribution in [0.25, 0.3) is 0 Å². The molecule has 0 saturated carbocycles. The van der Waals surface area contributed by atoms with Crippen molar-refractivity contribution in [3.8, 4) is 0 Å². The van der Waals surface area contributed by atoms with E-state index >= 15 is 0 Å². The van der Waals surface area contributed by atoms with Gasteiger partial charge in [0.05, 0.1) is 10.7 Å². The van der Waals surface area contributed by atoms with Gasteiger partial charge >= 0.3 is 0 Å². The number of nitrogens with zero attached hydrogens (tertiary/aromatic N) is 2. The van der Waals surface area contributed by atoms with Crippen molar-refractivity contribution in [2.75, 3.05) is 13.1 Å². The van der Waals surface area contributed by atoms with E-state index in [1.165, 1.54) is 49.4 Å². The van der Waals surface area contributed by atoms with Crippen LogP contribution in [0.5, 0.6) is 0 Å². The quantitative estimate of drug-likeness (QED) is 0.904. The maximum atomic E-state index is 4.61. The lowest BCUT2D eigenvalue weighted by Gasteiger charge is -2.49. The summed E-state index contributed by atoms with van der Waals surface area (Å²) in [6.07, 6.45) is 8.05. The van der Waals surface area contributed by atoms with E-state index in [4.69, 9.17) is 0 Å². The number of fused-ring (bicyclic) bond motifs is 2. The monoisotopic (exact) mass is 293 g/mol. The van der Waals surface area contributed by atoms with Crippen LogP contribution >= 0.6 is 11.3 Å². The predicted octanol–water partition coefficient (Wildman–Crippen LogP) is 2.99. The van der Waals surface area contributed by atoms with Gasteiger partial charge in [0, 0.05) is 36.5 Å². The molecule has 3 nitrogen and oxygen atoms in total. The third-order valence-corrected chi connectivity index (χ3v) is 5.73. The summed E-state index contributed by atoms with van der Waals surface area (Å²) >= 11 is 1.78. The van der Waals surface area contributed by atoms with Gasteiger partial charge in [-0.2, -0.15) is 0 Å². The third kappa shape index (κ3) is 3.23. The Labute approximate surface area is 126 Å². The minimum absolute atomic E-state index is 0.757. The van der Waals surface area contributed by atoms with Crippen molar-refractivity contribution in [3.63, 3.8) is 0 Å². The first-order valence-corrected chi connectivity index (χ1v) is 9.04. The number of nitrogens with one attached hydrogen (secondary N) is 1. The average molecular weight is 293 g/mol. The zero-order valence-corrected chi connectivity index (χ0v) is 13.6. The van der Waals surface area contributed by atoms with Gasteiger partial charge in [-0.05, 0) is 39.2 Å². The van der Waals surface area contributed by atoms with Crippen LogP contribution < -0.4 is 5.32 Å². The van der Waals surface area contributed by atoms with Gasteiger partial charge in [-0.3, -0.25) is 4.90 Å². The first kappa shape index (κ1) is 14.5. The second-order valence-electron chi connectivity index (χ2n) is 6.31. The fraction of sp³-hybridized carbons (Fsp3) is 0.812. The number of thiazole rings is 1. The van der Waals surface area contributed by atoms with E-state index in [0.717, 1.165) is 31.1 Å². The molecule has 1 aromatic rings. The summed E-state index contributed by atoms with van der Waals surface area (Å²) in [5.41, 5.74) is 1.29. The molecule has 4 heteroatoms. The van der Waals surface area contributed by atoms with Crippen molar-refractivity contribution in [2.45, 2.75) is 70.5 Å². The largest absolute Gasteiger partial charge is 0.314 e. The van der Waals surface area contributed by atoms with Gasteiger partial charge in [0.2, 0.25) is 0 Å². The second kappa shape index (κ2) is 6.54. The second-order valence-corrected chi connectivity index (χ2v) is 7.37. The van der Waals surface area contributed by atoms with Crippen molar-refractivity contribution >= 4 is 11.3 Å². The number of hydrogen-bond acceptors (Lipinski definition) is 4. The van der Waals surface area contributed by atoms with E-state index in [0.29, 0.717) is 0 Å². The van der Waals surface area contributed by atoms with Gasteiger partial charge in [0.15, 0.2) is 0 Å². The summed E-state index contributed by atoms with van der Waals surface area (Å²) in [5, 5.41) is 7.11. The Morgan fingerprint density at radius 1 is 1.35 bits per heavy atom. The molecule has 0 radical (unpaired) electrons. The third-order valence-electron chi connectivity index (χ3n) is 4.91. The molecule has 2 bridgehead atoms. The van der Waals surface area contributed by atoms with Gasteiger partial charge in [-0.1, -0.05) is 13.3 Å². The Morgan fingerprint density at radius 3 is 2.70 bits per heavy atom. The molecular formula is C16H27N3S. The summed E-state index contributed by atoms with van der Waals surface area (Å²) in [6, 6.07) is 2.38. The number of aryl methyl sites for hydroxylation is 1. The zero-order valence-electron chi connectivity index (χ0n) is 12.8. The van der Waals surface area contributed by atoms with Gasteiger partial charge in [0.25, 0.3) is 0 Å². The Bertz CT molecular complexity index is 417. The lowest BCUT2D eigenvalue weighted by molar-refractivity contribution is 0.0258. The topological polar surface area (TPSA) is 28.2 Å². The molecule has 3 heterocycles. The lowest BCUT2D eigenvalue weighted by Crippen LogP contribution is -2.56. The molecule has 0 spiro atoms. The first-order chi connectivity index (χ1) is 9.76. The van der Waals surface area contributed by atoms with Crippen molar-refractivity contribution in [2.24, 2.45) is 0 Å². The molecule has 1 aromatic heterocycles. The molecule has 112 valence electrons. The normalized spacial score (nSPS) is 30.6. The smallest absolute Gasteiger partial charge is 0.0897 e. The highest BCUT2D eigenvalue weighted by molar-refractivity contribution is 7.09. The molecule has 20 heavy (non-hydrogen) atoms.